The van der Waals surface area contributed by atoms with Gasteiger partial charge in [0.25, 0.3) is 0 Å². The molecular formula is C19H22N6O. The molecule has 1 heterocycles. The van der Waals surface area contributed by atoms with Gasteiger partial charge in [-0.25, -0.2) is 4.68 Å². The fourth-order valence-electron chi connectivity index (χ4n) is 2.73. The van der Waals surface area contributed by atoms with Crippen LogP contribution in [0.1, 0.15) is 30.7 Å². The highest BCUT2D eigenvalue weighted by Gasteiger charge is 2.18. The van der Waals surface area contributed by atoms with Gasteiger partial charge in [-0.15, -0.1) is 0 Å². The van der Waals surface area contributed by atoms with Gasteiger partial charge in [-0.05, 0) is 37.6 Å². The fourth-order valence-corrected chi connectivity index (χ4v) is 2.73. The Hall–Kier alpha value is -3.29. The highest BCUT2D eigenvalue weighted by atomic mass is 16.3. The molecule has 1 aromatic heterocycles. The summed E-state index contributed by atoms with van der Waals surface area (Å²) in [5, 5.41) is 32.2. The lowest BCUT2D eigenvalue weighted by Gasteiger charge is -2.20. The van der Waals surface area contributed by atoms with E-state index in [2.05, 4.69) is 29.9 Å². The summed E-state index contributed by atoms with van der Waals surface area (Å²) in [6.45, 7) is 6.04. The van der Waals surface area contributed by atoms with Crippen molar-refractivity contribution in [3.63, 3.8) is 0 Å². The number of anilines is 2. The summed E-state index contributed by atoms with van der Waals surface area (Å²) in [6, 6.07) is 11.9. The monoisotopic (exact) mass is 350 g/mol. The second kappa shape index (κ2) is 8.70. The average molecular weight is 350 g/mol. The van der Waals surface area contributed by atoms with E-state index in [1.807, 2.05) is 30.3 Å². The van der Waals surface area contributed by atoms with Crippen molar-refractivity contribution < 1.29 is 5.11 Å². The molecule has 134 valence electrons. The normalized spacial score (nSPS) is 11.0. The van der Waals surface area contributed by atoms with Crippen LogP contribution in [0.3, 0.4) is 0 Å². The largest absolute Gasteiger partial charge is 0.394 e. The van der Waals surface area contributed by atoms with Gasteiger partial charge in [-0.3, -0.25) is 0 Å². The minimum Gasteiger partial charge on any atom is -0.394 e. The third kappa shape index (κ3) is 3.85. The third-order valence-corrected chi connectivity index (χ3v) is 4.12. The van der Waals surface area contributed by atoms with E-state index in [9.17, 15) is 10.5 Å². The number of nitriles is 2. The maximum atomic E-state index is 9.53. The van der Waals surface area contributed by atoms with E-state index in [0.717, 1.165) is 24.3 Å². The molecule has 0 aliphatic rings. The summed E-state index contributed by atoms with van der Waals surface area (Å²) in [5.74, 6) is 0.148. The highest BCUT2D eigenvalue weighted by Crippen LogP contribution is 2.25. The van der Waals surface area contributed by atoms with Crippen LogP contribution >= 0.6 is 0 Å². The van der Waals surface area contributed by atoms with Crippen LogP contribution in [0.2, 0.25) is 0 Å². The van der Waals surface area contributed by atoms with E-state index in [0.29, 0.717) is 0 Å². The minimum atomic E-state index is -0.158. The number of benzene rings is 1. The maximum Gasteiger partial charge on any atom is 0.140 e. The van der Waals surface area contributed by atoms with E-state index < -0.39 is 0 Å². The molecule has 0 atom stereocenters. The molecule has 0 unspecified atom stereocenters. The zero-order chi connectivity index (χ0) is 19.1. The molecule has 1 aromatic carbocycles. The van der Waals surface area contributed by atoms with Crippen LogP contribution in [0, 0.1) is 22.7 Å². The summed E-state index contributed by atoms with van der Waals surface area (Å²) in [6.07, 6.45) is 1.68. The van der Waals surface area contributed by atoms with Gasteiger partial charge in [0.1, 0.15) is 29.2 Å². The Morgan fingerprint density at radius 2 is 1.92 bits per heavy atom. The first-order valence-corrected chi connectivity index (χ1v) is 8.43. The molecule has 0 radical (unpaired) electrons. The molecule has 0 fully saturated rings. The van der Waals surface area contributed by atoms with Crippen molar-refractivity contribution in [3.8, 4) is 12.1 Å². The lowest BCUT2D eigenvalue weighted by Crippen LogP contribution is -2.21. The summed E-state index contributed by atoms with van der Waals surface area (Å²) in [4.78, 5) is 2.23. The number of hydrogen-bond donors (Lipinski definition) is 2. The van der Waals surface area contributed by atoms with E-state index in [1.165, 1.54) is 4.68 Å². The van der Waals surface area contributed by atoms with Gasteiger partial charge in [0.05, 0.1) is 18.7 Å². The van der Waals surface area contributed by atoms with E-state index in [-0.39, 0.29) is 35.8 Å². The molecule has 26 heavy (non-hydrogen) atoms. The van der Waals surface area contributed by atoms with E-state index in [4.69, 9.17) is 10.8 Å². The molecule has 7 nitrogen and oxygen atoms in total. The van der Waals surface area contributed by atoms with Gasteiger partial charge in [0, 0.05) is 18.8 Å². The van der Waals surface area contributed by atoms with Crippen molar-refractivity contribution >= 4 is 23.2 Å². The number of aliphatic hydroxyl groups is 1. The highest BCUT2D eigenvalue weighted by molar-refractivity contribution is 5.91. The molecule has 2 aromatic rings. The number of nitrogens with zero attached hydrogens (tertiary/aromatic N) is 5. The molecule has 0 aliphatic heterocycles. The topological polar surface area (TPSA) is 115 Å². The van der Waals surface area contributed by atoms with Crippen LogP contribution in [0.4, 0.5) is 11.5 Å². The molecule has 0 spiro atoms. The number of hydrogen-bond acceptors (Lipinski definition) is 6. The second-order valence-electron chi connectivity index (χ2n) is 5.60. The SMILES string of the molecule is CCN(CC)c1ccc(C=C(C#N)c2nn(CCO)c(N)c2C#N)cc1. The minimum absolute atomic E-state index is 0.144. The van der Waals surface area contributed by atoms with Crippen LogP contribution in [-0.4, -0.2) is 34.6 Å². The molecule has 0 saturated carbocycles. The Morgan fingerprint density at radius 1 is 1.27 bits per heavy atom. The number of aliphatic hydroxyl groups excluding tert-OH is 1. The molecule has 2 rings (SSSR count). The molecular weight excluding hydrogens is 328 g/mol. The average Bonchev–Trinajstić information content (AvgIpc) is 2.97. The number of aromatic nitrogens is 2. The molecule has 0 saturated heterocycles. The van der Waals surface area contributed by atoms with Gasteiger partial charge in [-0.2, -0.15) is 15.6 Å². The number of allylic oxidation sites excluding steroid dienone is 1. The van der Waals surface area contributed by atoms with Gasteiger partial charge in [0.15, 0.2) is 0 Å². The fraction of sp³-hybridized carbons (Fsp3) is 0.316. The van der Waals surface area contributed by atoms with Crippen molar-refractivity contribution in [2.24, 2.45) is 0 Å². The van der Waals surface area contributed by atoms with Gasteiger partial charge >= 0.3 is 0 Å². The number of nitrogen functional groups attached to an aromatic ring is 1. The predicted octanol–water partition coefficient (Wildman–Crippen LogP) is 2.24. The summed E-state index contributed by atoms with van der Waals surface area (Å²) >= 11 is 0. The lowest BCUT2D eigenvalue weighted by molar-refractivity contribution is 0.270. The first kappa shape index (κ1) is 19.0. The summed E-state index contributed by atoms with van der Waals surface area (Å²) < 4.78 is 1.34. The molecule has 0 bridgehead atoms. The zero-order valence-corrected chi connectivity index (χ0v) is 15.0. The van der Waals surface area contributed by atoms with Crippen LogP contribution in [0.25, 0.3) is 11.6 Å². The Kier molecular flexibility index (Phi) is 6.37. The van der Waals surface area contributed by atoms with Gasteiger partial charge in [0.2, 0.25) is 0 Å². The second-order valence-corrected chi connectivity index (χ2v) is 5.60. The Balaban J connectivity index is 2.42. The predicted molar refractivity (Wildman–Crippen MR) is 102 cm³/mol. The van der Waals surface area contributed by atoms with Crippen LogP contribution < -0.4 is 10.6 Å². The first-order chi connectivity index (χ1) is 12.6. The number of nitrogens with two attached hydrogens (primary N) is 1. The molecule has 7 heteroatoms. The van der Waals surface area contributed by atoms with Crippen LogP contribution in [0.5, 0.6) is 0 Å². The Labute approximate surface area is 153 Å². The van der Waals surface area contributed by atoms with Gasteiger partial charge in [-0.1, -0.05) is 12.1 Å². The van der Waals surface area contributed by atoms with Crippen LogP contribution in [0.15, 0.2) is 24.3 Å². The maximum absolute atomic E-state index is 9.53. The Bertz CT molecular complexity index is 863. The summed E-state index contributed by atoms with van der Waals surface area (Å²) in [7, 11) is 0. The zero-order valence-electron chi connectivity index (χ0n) is 15.0. The van der Waals surface area contributed by atoms with Crippen molar-refractivity contribution in [1.29, 1.82) is 10.5 Å². The number of rotatable bonds is 7. The van der Waals surface area contributed by atoms with Crippen LogP contribution in [-0.2, 0) is 6.54 Å². The van der Waals surface area contributed by atoms with E-state index in [1.54, 1.807) is 6.08 Å². The lowest BCUT2D eigenvalue weighted by atomic mass is 10.1. The Morgan fingerprint density at radius 3 is 2.42 bits per heavy atom. The van der Waals surface area contributed by atoms with Gasteiger partial charge < -0.3 is 15.7 Å². The first-order valence-electron chi connectivity index (χ1n) is 8.43. The smallest absolute Gasteiger partial charge is 0.140 e. The standard InChI is InChI=1S/C19H22N6O/c1-3-24(4-2)16-7-5-14(6-8-16)11-15(12-20)18-17(13-21)19(22)25(23-18)9-10-26/h5-8,11,26H,3-4,9-10,22H2,1-2H3. The molecule has 3 N–H and O–H groups in total. The van der Waals surface area contributed by atoms with E-state index >= 15 is 0 Å². The molecule has 0 amide bonds. The van der Waals surface area contributed by atoms with Crippen molar-refractivity contribution in [2.45, 2.75) is 20.4 Å². The third-order valence-electron chi connectivity index (χ3n) is 4.12. The summed E-state index contributed by atoms with van der Waals surface area (Å²) in [5.41, 5.74) is 8.46. The quantitative estimate of drug-likeness (QED) is 0.740. The molecule has 0 aliphatic carbocycles. The van der Waals surface area contributed by atoms with Crippen molar-refractivity contribution in [2.75, 3.05) is 30.3 Å². The van der Waals surface area contributed by atoms with Crippen molar-refractivity contribution in [1.82, 2.24) is 9.78 Å². The van der Waals surface area contributed by atoms with Crippen molar-refractivity contribution in [3.05, 3.63) is 41.1 Å².